The fraction of sp³-hybridized carbons (Fsp3) is 0.208. The first kappa shape index (κ1) is 21.6. The molecule has 1 saturated heterocycles. The molecule has 0 radical (unpaired) electrons. The fourth-order valence-corrected chi connectivity index (χ4v) is 6.25. The molecule has 7 nitrogen and oxygen atoms in total. The Labute approximate surface area is 195 Å². The van der Waals surface area contributed by atoms with Gasteiger partial charge in [0.05, 0.1) is 39.8 Å². The van der Waals surface area contributed by atoms with Crippen molar-refractivity contribution in [3.8, 4) is 5.69 Å². The zero-order valence-corrected chi connectivity index (χ0v) is 19.4. The molecular formula is C24H21ClN4O3S. The number of aryl methyl sites for hydroxylation is 1. The molecule has 0 aliphatic carbocycles. The number of aromatic nitrogens is 4. The van der Waals surface area contributed by atoms with Crippen LogP contribution < -0.4 is 5.56 Å². The summed E-state index contributed by atoms with van der Waals surface area (Å²) in [7, 11) is -3.07. The molecule has 0 unspecified atom stereocenters. The molecule has 33 heavy (non-hydrogen) atoms. The Bertz CT molecular complexity index is 1560. The Balaban J connectivity index is 1.62. The van der Waals surface area contributed by atoms with Gasteiger partial charge in [-0.3, -0.25) is 9.36 Å². The zero-order chi connectivity index (χ0) is 23.2. The van der Waals surface area contributed by atoms with Crippen LogP contribution in [0.2, 0.25) is 5.15 Å². The van der Waals surface area contributed by atoms with E-state index in [2.05, 4.69) is 5.10 Å². The molecule has 1 aliphatic heterocycles. The molecule has 0 amide bonds. The summed E-state index contributed by atoms with van der Waals surface area (Å²) in [5, 5.41) is 5.40. The van der Waals surface area contributed by atoms with Gasteiger partial charge in [-0.1, -0.05) is 41.9 Å². The molecule has 2 aromatic heterocycles. The Morgan fingerprint density at radius 3 is 2.52 bits per heavy atom. The van der Waals surface area contributed by atoms with Crippen molar-refractivity contribution in [1.29, 1.82) is 0 Å². The van der Waals surface area contributed by atoms with Crippen molar-refractivity contribution in [2.24, 2.45) is 0 Å². The van der Waals surface area contributed by atoms with Crippen molar-refractivity contribution in [2.75, 3.05) is 11.5 Å². The molecule has 2 aromatic carbocycles. The predicted octanol–water partition coefficient (Wildman–Crippen LogP) is 4.07. The molecule has 168 valence electrons. The van der Waals surface area contributed by atoms with Gasteiger partial charge in [0.15, 0.2) is 9.84 Å². The molecule has 0 spiro atoms. The van der Waals surface area contributed by atoms with Crippen LogP contribution in [0.15, 0.2) is 59.4 Å². The summed E-state index contributed by atoms with van der Waals surface area (Å²) in [5.74, 6) is 0.635. The normalized spacial score (nSPS) is 17.8. The Kier molecular flexibility index (Phi) is 5.42. The van der Waals surface area contributed by atoms with Gasteiger partial charge in [0.25, 0.3) is 5.56 Å². The highest BCUT2D eigenvalue weighted by atomic mass is 35.5. The second kappa shape index (κ2) is 8.28. The Morgan fingerprint density at radius 1 is 1.06 bits per heavy atom. The number of para-hydroxylation sites is 2. The van der Waals surface area contributed by atoms with Crippen molar-refractivity contribution >= 4 is 44.5 Å². The summed E-state index contributed by atoms with van der Waals surface area (Å²) in [6.45, 7) is 1.82. The minimum absolute atomic E-state index is 0.0385. The zero-order valence-electron chi connectivity index (χ0n) is 17.8. The molecule has 5 rings (SSSR count). The van der Waals surface area contributed by atoms with Gasteiger partial charge in [-0.05, 0) is 49.8 Å². The number of rotatable bonds is 4. The van der Waals surface area contributed by atoms with Crippen molar-refractivity contribution in [2.45, 2.75) is 19.4 Å². The topological polar surface area (TPSA) is 86.8 Å². The average molecular weight is 481 g/mol. The van der Waals surface area contributed by atoms with Gasteiger partial charge >= 0.3 is 0 Å². The van der Waals surface area contributed by atoms with Crippen LogP contribution in [0.25, 0.3) is 28.7 Å². The number of benzene rings is 2. The van der Waals surface area contributed by atoms with Gasteiger partial charge in [0, 0.05) is 5.56 Å². The SMILES string of the molecule is Cc1nn([C@H]2CCS(=O)(=O)C2)c(Cl)c1/C=C/c1nc2ccccc2c(=O)n1-c1ccccc1. The van der Waals surface area contributed by atoms with Crippen LogP contribution in [-0.4, -0.2) is 39.3 Å². The Morgan fingerprint density at radius 2 is 1.79 bits per heavy atom. The second-order valence-electron chi connectivity index (χ2n) is 8.09. The fourth-order valence-electron chi connectivity index (χ4n) is 4.18. The number of halogens is 1. The van der Waals surface area contributed by atoms with Crippen LogP contribution in [-0.2, 0) is 9.84 Å². The summed E-state index contributed by atoms with van der Waals surface area (Å²) in [6.07, 6.45) is 4.01. The van der Waals surface area contributed by atoms with Gasteiger partial charge < -0.3 is 0 Å². The maximum absolute atomic E-state index is 13.3. The van der Waals surface area contributed by atoms with Crippen molar-refractivity contribution < 1.29 is 8.42 Å². The van der Waals surface area contributed by atoms with Crippen LogP contribution in [0, 0.1) is 6.92 Å². The molecular weight excluding hydrogens is 460 g/mol. The summed E-state index contributed by atoms with van der Waals surface area (Å²) in [5.41, 5.74) is 2.48. The maximum Gasteiger partial charge on any atom is 0.266 e. The van der Waals surface area contributed by atoms with E-state index in [1.807, 2.05) is 49.4 Å². The van der Waals surface area contributed by atoms with E-state index in [1.165, 1.54) is 0 Å². The van der Waals surface area contributed by atoms with Crippen molar-refractivity contribution in [1.82, 2.24) is 19.3 Å². The molecule has 9 heteroatoms. The van der Waals surface area contributed by atoms with Crippen LogP contribution in [0.4, 0.5) is 0 Å². The smallest absolute Gasteiger partial charge is 0.266 e. The lowest BCUT2D eigenvalue weighted by Gasteiger charge is -2.11. The lowest BCUT2D eigenvalue weighted by molar-refractivity contribution is 0.497. The van der Waals surface area contributed by atoms with Crippen LogP contribution >= 0.6 is 11.6 Å². The highest BCUT2D eigenvalue weighted by Crippen LogP contribution is 2.31. The number of hydrogen-bond donors (Lipinski definition) is 0. The van der Waals surface area contributed by atoms with E-state index in [4.69, 9.17) is 16.6 Å². The molecule has 1 fully saturated rings. The molecule has 3 heterocycles. The maximum atomic E-state index is 13.3. The summed E-state index contributed by atoms with van der Waals surface area (Å²) >= 11 is 6.62. The lowest BCUT2D eigenvalue weighted by atomic mass is 10.2. The summed E-state index contributed by atoms with van der Waals surface area (Å²) < 4.78 is 27.0. The third-order valence-corrected chi connectivity index (χ3v) is 7.97. The van der Waals surface area contributed by atoms with Gasteiger partial charge in [0.2, 0.25) is 0 Å². The van der Waals surface area contributed by atoms with E-state index in [9.17, 15) is 13.2 Å². The lowest BCUT2D eigenvalue weighted by Crippen LogP contribution is -2.22. The summed E-state index contributed by atoms with van der Waals surface area (Å²) in [4.78, 5) is 18.0. The van der Waals surface area contributed by atoms with E-state index < -0.39 is 9.84 Å². The average Bonchev–Trinajstić information content (AvgIpc) is 3.30. The van der Waals surface area contributed by atoms with Gasteiger partial charge in [-0.25, -0.2) is 18.1 Å². The van der Waals surface area contributed by atoms with Crippen LogP contribution in [0.3, 0.4) is 0 Å². The third kappa shape index (κ3) is 4.00. The first-order chi connectivity index (χ1) is 15.8. The van der Waals surface area contributed by atoms with E-state index in [0.717, 1.165) is 0 Å². The standard InChI is InChI=1S/C24H21ClN4O3S/c1-16-19(23(25)29(27-16)18-13-14-33(31,32)15-18)11-12-22-26-21-10-6-5-9-20(21)24(30)28(22)17-7-3-2-4-8-17/h2-12,18H,13-15H2,1H3/b12-11+/t18-/m0/s1. The monoisotopic (exact) mass is 480 g/mol. The predicted molar refractivity (Wildman–Crippen MR) is 131 cm³/mol. The molecule has 0 bridgehead atoms. The number of fused-ring (bicyclic) bond motifs is 1. The van der Waals surface area contributed by atoms with E-state index >= 15 is 0 Å². The quantitative estimate of drug-likeness (QED) is 0.439. The Hall–Kier alpha value is -3.23. The van der Waals surface area contributed by atoms with E-state index in [1.54, 1.807) is 33.5 Å². The minimum atomic E-state index is -3.07. The highest BCUT2D eigenvalue weighted by Gasteiger charge is 2.31. The van der Waals surface area contributed by atoms with Gasteiger partial charge in [0.1, 0.15) is 11.0 Å². The van der Waals surface area contributed by atoms with Crippen molar-refractivity contribution in [3.63, 3.8) is 0 Å². The van der Waals surface area contributed by atoms with E-state index in [-0.39, 0.29) is 23.1 Å². The van der Waals surface area contributed by atoms with Crippen molar-refractivity contribution in [3.05, 3.63) is 87.2 Å². The number of hydrogen-bond acceptors (Lipinski definition) is 5. The highest BCUT2D eigenvalue weighted by molar-refractivity contribution is 7.91. The van der Waals surface area contributed by atoms with E-state index in [0.29, 0.717) is 45.2 Å². The first-order valence-corrected chi connectivity index (χ1v) is 12.7. The van der Waals surface area contributed by atoms with Gasteiger partial charge in [-0.15, -0.1) is 0 Å². The number of nitrogens with zero attached hydrogens (tertiary/aromatic N) is 4. The number of sulfone groups is 1. The first-order valence-electron chi connectivity index (χ1n) is 10.5. The summed E-state index contributed by atoms with van der Waals surface area (Å²) in [6, 6.07) is 16.3. The molecule has 1 atom stereocenters. The van der Waals surface area contributed by atoms with Crippen LogP contribution in [0.5, 0.6) is 0 Å². The third-order valence-electron chi connectivity index (χ3n) is 5.84. The van der Waals surface area contributed by atoms with Crippen LogP contribution in [0.1, 0.15) is 29.5 Å². The second-order valence-corrected chi connectivity index (χ2v) is 10.7. The largest absolute Gasteiger partial charge is 0.268 e. The van der Waals surface area contributed by atoms with Gasteiger partial charge in [-0.2, -0.15) is 5.10 Å². The molecule has 4 aromatic rings. The molecule has 1 aliphatic rings. The minimum Gasteiger partial charge on any atom is -0.268 e. The molecule has 0 N–H and O–H groups in total. The molecule has 0 saturated carbocycles.